The highest BCUT2D eigenvalue weighted by molar-refractivity contribution is 6.32. The van der Waals surface area contributed by atoms with E-state index in [1.54, 1.807) is 13.8 Å². The number of oxazole rings is 1. The lowest BCUT2D eigenvalue weighted by molar-refractivity contribution is -0.385. The maximum Gasteiger partial charge on any atom is 0.288 e. The minimum absolute atomic E-state index is 0.0824. The SMILES string of the molecule is Cc1cnc(C(C)NC(=O)c2cc([N+](=O)[O-])cnc2Cl)o1. The summed E-state index contributed by atoms with van der Waals surface area (Å²) in [6.45, 7) is 3.40. The molecule has 0 aromatic carbocycles. The van der Waals surface area contributed by atoms with Gasteiger partial charge in [-0.2, -0.15) is 0 Å². The molecule has 0 aliphatic heterocycles. The fourth-order valence-electron chi connectivity index (χ4n) is 1.60. The molecule has 1 atom stereocenters. The summed E-state index contributed by atoms with van der Waals surface area (Å²) >= 11 is 5.80. The summed E-state index contributed by atoms with van der Waals surface area (Å²) in [5.74, 6) is 0.344. The first-order chi connectivity index (χ1) is 9.88. The molecule has 1 N–H and O–H groups in total. The number of hydrogen-bond acceptors (Lipinski definition) is 6. The smallest absolute Gasteiger partial charge is 0.288 e. The van der Waals surface area contributed by atoms with E-state index in [9.17, 15) is 14.9 Å². The summed E-state index contributed by atoms with van der Waals surface area (Å²) in [6, 6.07) is 0.555. The molecule has 0 fully saturated rings. The molecule has 0 bridgehead atoms. The first-order valence-electron chi connectivity index (χ1n) is 5.91. The molecule has 1 unspecified atom stereocenters. The second kappa shape index (κ2) is 5.88. The second-order valence-electron chi connectivity index (χ2n) is 4.29. The predicted molar refractivity (Wildman–Crippen MR) is 73.0 cm³/mol. The van der Waals surface area contributed by atoms with Crippen molar-refractivity contribution in [3.8, 4) is 0 Å². The number of hydrogen-bond donors (Lipinski definition) is 1. The lowest BCUT2D eigenvalue weighted by Crippen LogP contribution is -2.27. The average molecular weight is 311 g/mol. The molecule has 0 aliphatic carbocycles. The van der Waals surface area contributed by atoms with E-state index < -0.39 is 16.9 Å². The van der Waals surface area contributed by atoms with Gasteiger partial charge in [-0.25, -0.2) is 9.97 Å². The second-order valence-corrected chi connectivity index (χ2v) is 4.65. The molecule has 0 saturated carbocycles. The highest BCUT2D eigenvalue weighted by Crippen LogP contribution is 2.20. The Labute approximate surface area is 124 Å². The van der Waals surface area contributed by atoms with Crippen molar-refractivity contribution in [2.24, 2.45) is 0 Å². The molecule has 2 rings (SSSR count). The largest absolute Gasteiger partial charge is 0.444 e. The van der Waals surface area contributed by atoms with Crippen molar-refractivity contribution < 1.29 is 14.1 Å². The first kappa shape index (κ1) is 14.9. The number of nitrogens with zero attached hydrogens (tertiary/aromatic N) is 3. The van der Waals surface area contributed by atoms with E-state index in [2.05, 4.69) is 15.3 Å². The van der Waals surface area contributed by atoms with E-state index in [1.807, 2.05) is 0 Å². The zero-order chi connectivity index (χ0) is 15.6. The molecule has 21 heavy (non-hydrogen) atoms. The molecular formula is C12H11ClN4O4. The van der Waals surface area contributed by atoms with Crippen molar-refractivity contribution in [2.45, 2.75) is 19.9 Å². The zero-order valence-corrected chi connectivity index (χ0v) is 11.9. The number of nitrogens with one attached hydrogen (secondary N) is 1. The summed E-state index contributed by atoms with van der Waals surface area (Å²) in [7, 11) is 0. The Kier molecular flexibility index (Phi) is 4.18. The fraction of sp³-hybridized carbons (Fsp3) is 0.250. The number of amides is 1. The maximum atomic E-state index is 12.1. The van der Waals surface area contributed by atoms with Gasteiger partial charge in [-0.1, -0.05) is 11.6 Å². The molecule has 0 aliphatic rings. The van der Waals surface area contributed by atoms with Gasteiger partial charge in [0.15, 0.2) is 0 Å². The van der Waals surface area contributed by atoms with Crippen molar-refractivity contribution in [2.75, 3.05) is 0 Å². The third-order valence-electron chi connectivity index (χ3n) is 2.64. The zero-order valence-electron chi connectivity index (χ0n) is 11.2. The normalized spacial score (nSPS) is 12.0. The van der Waals surface area contributed by atoms with Gasteiger partial charge < -0.3 is 9.73 Å². The number of aromatic nitrogens is 2. The third kappa shape index (κ3) is 3.34. The van der Waals surface area contributed by atoms with Gasteiger partial charge in [0.05, 0.1) is 16.7 Å². The average Bonchev–Trinajstić information content (AvgIpc) is 2.85. The van der Waals surface area contributed by atoms with Crippen LogP contribution in [0.25, 0.3) is 0 Å². The van der Waals surface area contributed by atoms with Crippen LogP contribution >= 0.6 is 11.6 Å². The van der Waals surface area contributed by atoms with Crippen LogP contribution in [-0.2, 0) is 0 Å². The Bertz CT molecular complexity index is 700. The van der Waals surface area contributed by atoms with Crippen LogP contribution in [0.15, 0.2) is 22.9 Å². The molecule has 2 heterocycles. The van der Waals surface area contributed by atoms with Crippen molar-refractivity contribution in [1.82, 2.24) is 15.3 Å². The Balaban J connectivity index is 2.20. The highest BCUT2D eigenvalue weighted by atomic mass is 35.5. The van der Waals surface area contributed by atoms with Crippen molar-refractivity contribution in [3.63, 3.8) is 0 Å². The minimum Gasteiger partial charge on any atom is -0.444 e. The van der Waals surface area contributed by atoms with Gasteiger partial charge in [0.25, 0.3) is 11.6 Å². The number of nitro groups is 1. The van der Waals surface area contributed by atoms with Crippen molar-refractivity contribution >= 4 is 23.2 Å². The Morgan fingerprint density at radius 3 is 2.76 bits per heavy atom. The molecule has 2 aromatic rings. The standard InChI is InChI=1S/C12H11ClN4O4/c1-6-4-15-12(21-6)7(2)16-11(18)9-3-8(17(19)20)5-14-10(9)13/h3-5,7H,1-2H3,(H,16,18). The lowest BCUT2D eigenvalue weighted by atomic mass is 10.2. The van der Waals surface area contributed by atoms with E-state index >= 15 is 0 Å². The van der Waals surface area contributed by atoms with Crippen LogP contribution < -0.4 is 5.32 Å². The van der Waals surface area contributed by atoms with Gasteiger partial charge in [0, 0.05) is 6.07 Å². The van der Waals surface area contributed by atoms with Gasteiger partial charge in [-0.05, 0) is 13.8 Å². The summed E-state index contributed by atoms with van der Waals surface area (Å²) in [4.78, 5) is 29.8. The predicted octanol–water partition coefficient (Wildman–Crippen LogP) is 2.43. The van der Waals surface area contributed by atoms with Gasteiger partial charge >= 0.3 is 0 Å². The van der Waals surface area contributed by atoms with E-state index in [1.165, 1.54) is 6.20 Å². The Morgan fingerprint density at radius 1 is 1.48 bits per heavy atom. The molecule has 8 nitrogen and oxygen atoms in total. The lowest BCUT2D eigenvalue weighted by Gasteiger charge is -2.10. The summed E-state index contributed by atoms with van der Waals surface area (Å²) < 4.78 is 5.29. The molecule has 0 spiro atoms. The number of rotatable bonds is 4. The Hall–Kier alpha value is -2.48. The molecule has 0 radical (unpaired) electrons. The molecule has 2 aromatic heterocycles. The minimum atomic E-state index is -0.652. The van der Waals surface area contributed by atoms with Crippen LogP contribution in [0.3, 0.4) is 0 Å². The van der Waals surface area contributed by atoms with Crippen molar-refractivity contribution in [1.29, 1.82) is 0 Å². The monoisotopic (exact) mass is 310 g/mol. The van der Waals surface area contributed by atoms with Crippen LogP contribution in [0, 0.1) is 17.0 Å². The molecule has 110 valence electrons. The third-order valence-corrected chi connectivity index (χ3v) is 2.94. The summed E-state index contributed by atoms with van der Waals surface area (Å²) in [5, 5.41) is 13.2. The molecule has 9 heteroatoms. The quantitative estimate of drug-likeness (QED) is 0.527. The van der Waals surface area contributed by atoms with Gasteiger partial charge in [0.1, 0.15) is 23.2 Å². The van der Waals surface area contributed by atoms with Crippen molar-refractivity contribution in [3.05, 3.63) is 50.9 Å². The number of pyridine rings is 1. The topological polar surface area (TPSA) is 111 Å². The van der Waals surface area contributed by atoms with Crippen LogP contribution in [0.2, 0.25) is 5.15 Å². The number of halogens is 1. The van der Waals surface area contributed by atoms with Crippen LogP contribution in [0.4, 0.5) is 5.69 Å². The Morgan fingerprint density at radius 2 is 2.19 bits per heavy atom. The number of aryl methyl sites for hydroxylation is 1. The first-order valence-corrected chi connectivity index (χ1v) is 6.29. The molecule has 1 amide bonds. The van der Waals surface area contributed by atoms with Crippen LogP contribution in [0.5, 0.6) is 0 Å². The highest BCUT2D eigenvalue weighted by Gasteiger charge is 2.20. The van der Waals surface area contributed by atoms with E-state index in [4.69, 9.17) is 16.0 Å². The fourth-order valence-corrected chi connectivity index (χ4v) is 1.79. The summed E-state index contributed by atoms with van der Waals surface area (Å²) in [5.41, 5.74) is -0.398. The van der Waals surface area contributed by atoms with E-state index in [0.29, 0.717) is 11.7 Å². The van der Waals surface area contributed by atoms with E-state index in [-0.39, 0.29) is 16.4 Å². The van der Waals surface area contributed by atoms with Gasteiger partial charge in [-0.3, -0.25) is 14.9 Å². The number of carbonyl (C=O) groups is 1. The maximum absolute atomic E-state index is 12.1. The van der Waals surface area contributed by atoms with E-state index in [0.717, 1.165) is 12.3 Å². The van der Waals surface area contributed by atoms with Gasteiger partial charge in [-0.15, -0.1) is 0 Å². The van der Waals surface area contributed by atoms with Crippen LogP contribution in [-0.4, -0.2) is 20.8 Å². The molecular weight excluding hydrogens is 300 g/mol. The summed E-state index contributed by atoms with van der Waals surface area (Å²) in [6.07, 6.45) is 2.51. The van der Waals surface area contributed by atoms with Gasteiger partial charge in [0.2, 0.25) is 5.89 Å². The number of carbonyl (C=O) groups excluding carboxylic acids is 1. The van der Waals surface area contributed by atoms with Crippen LogP contribution in [0.1, 0.15) is 35.0 Å². The molecule has 0 saturated heterocycles.